The van der Waals surface area contributed by atoms with Crippen molar-refractivity contribution in [1.82, 2.24) is 0 Å². The molecule has 0 N–H and O–H groups in total. The van der Waals surface area contributed by atoms with E-state index >= 15 is 0 Å². The smallest absolute Gasteiger partial charge is 0.266 e. The van der Waals surface area contributed by atoms with Crippen LogP contribution in [0.2, 0.25) is 0 Å². The number of para-hydroxylation sites is 2. The number of carbonyl (C=O) groups is 2. The summed E-state index contributed by atoms with van der Waals surface area (Å²) >= 11 is 0. The van der Waals surface area contributed by atoms with Crippen molar-refractivity contribution in [3.05, 3.63) is 96.1 Å². The van der Waals surface area contributed by atoms with Crippen LogP contribution in [0.5, 0.6) is 0 Å². The number of benzene rings is 3. The molecular formula is C24H20N2O3. The second-order valence-corrected chi connectivity index (χ2v) is 7.37. The Kier molecular flexibility index (Phi) is 4.18. The van der Waals surface area contributed by atoms with Crippen molar-refractivity contribution >= 4 is 23.2 Å². The van der Waals surface area contributed by atoms with Crippen LogP contribution in [-0.2, 0) is 14.4 Å². The molecule has 0 spiro atoms. The molecular weight excluding hydrogens is 364 g/mol. The summed E-state index contributed by atoms with van der Waals surface area (Å²) in [4.78, 5) is 34.2. The summed E-state index contributed by atoms with van der Waals surface area (Å²) in [6, 6.07) is 26.4. The normalized spacial score (nSPS) is 23.6. The van der Waals surface area contributed by atoms with Crippen LogP contribution in [-0.4, -0.2) is 17.9 Å². The molecule has 2 saturated heterocycles. The SMILES string of the molecule is Cc1ccccc1N1C(=O)[C@@H]2[C@@H](ON(c3ccccc3)[C@H]2c2ccccc2)C1=O. The fourth-order valence-electron chi connectivity index (χ4n) is 4.25. The molecule has 3 aromatic rings. The molecule has 5 nitrogen and oxygen atoms in total. The molecule has 3 atom stereocenters. The quantitative estimate of drug-likeness (QED) is 0.640. The van der Waals surface area contributed by atoms with E-state index in [1.165, 1.54) is 4.90 Å². The van der Waals surface area contributed by atoms with E-state index in [4.69, 9.17) is 4.84 Å². The van der Waals surface area contributed by atoms with Crippen molar-refractivity contribution in [1.29, 1.82) is 0 Å². The summed E-state index contributed by atoms with van der Waals surface area (Å²) in [6.45, 7) is 1.90. The molecule has 2 amide bonds. The van der Waals surface area contributed by atoms with Gasteiger partial charge in [0.05, 0.1) is 17.4 Å². The predicted octanol–water partition coefficient (Wildman–Crippen LogP) is 4.05. The maximum atomic E-state index is 13.5. The standard InChI is InChI=1S/C24H20N2O3/c1-16-10-8-9-15-19(16)25-23(27)20-21(17-11-4-2-5-12-17)26(29-22(20)24(25)28)18-13-6-3-7-14-18/h2-15,20-22H,1H3/t20-,21-,22+/m0/s1. The van der Waals surface area contributed by atoms with Crippen molar-refractivity contribution in [2.24, 2.45) is 5.92 Å². The van der Waals surface area contributed by atoms with Gasteiger partial charge in [-0.3, -0.25) is 14.4 Å². The maximum absolute atomic E-state index is 13.5. The molecule has 2 heterocycles. The van der Waals surface area contributed by atoms with Gasteiger partial charge in [-0.2, -0.15) is 0 Å². The summed E-state index contributed by atoms with van der Waals surface area (Å²) in [5.41, 5.74) is 3.26. The lowest BCUT2D eigenvalue weighted by atomic mass is 9.90. The summed E-state index contributed by atoms with van der Waals surface area (Å²) in [5.74, 6) is -1.14. The maximum Gasteiger partial charge on any atom is 0.266 e. The van der Waals surface area contributed by atoms with Gasteiger partial charge in [-0.1, -0.05) is 66.7 Å². The first-order valence-corrected chi connectivity index (χ1v) is 9.66. The van der Waals surface area contributed by atoms with Crippen LogP contribution in [0.25, 0.3) is 0 Å². The molecule has 144 valence electrons. The van der Waals surface area contributed by atoms with E-state index in [0.717, 1.165) is 16.8 Å². The zero-order chi connectivity index (χ0) is 20.0. The van der Waals surface area contributed by atoms with Crippen molar-refractivity contribution in [3.63, 3.8) is 0 Å². The number of carbonyl (C=O) groups excluding carboxylic acids is 2. The Labute approximate surface area is 169 Å². The predicted molar refractivity (Wildman–Crippen MR) is 110 cm³/mol. The average molecular weight is 384 g/mol. The number of anilines is 2. The van der Waals surface area contributed by atoms with Crippen LogP contribution in [0.4, 0.5) is 11.4 Å². The fraction of sp³-hybridized carbons (Fsp3) is 0.167. The zero-order valence-corrected chi connectivity index (χ0v) is 15.9. The van der Waals surface area contributed by atoms with Crippen LogP contribution < -0.4 is 9.96 Å². The van der Waals surface area contributed by atoms with E-state index in [1.807, 2.05) is 85.8 Å². The molecule has 0 saturated carbocycles. The first-order chi connectivity index (χ1) is 14.2. The first-order valence-electron chi connectivity index (χ1n) is 9.66. The van der Waals surface area contributed by atoms with Crippen LogP contribution >= 0.6 is 0 Å². The van der Waals surface area contributed by atoms with Crippen LogP contribution in [0, 0.1) is 12.8 Å². The number of hydrogen-bond donors (Lipinski definition) is 0. The highest BCUT2D eigenvalue weighted by molar-refractivity contribution is 6.24. The highest BCUT2D eigenvalue weighted by Crippen LogP contribution is 2.47. The van der Waals surface area contributed by atoms with Crippen molar-refractivity contribution in [2.45, 2.75) is 19.1 Å². The Balaban J connectivity index is 1.60. The number of rotatable bonds is 3. The average Bonchev–Trinajstić information content (AvgIpc) is 3.26. The summed E-state index contributed by atoms with van der Waals surface area (Å²) in [5, 5.41) is 1.72. The molecule has 2 aliphatic heterocycles. The number of hydroxylamine groups is 1. The number of fused-ring (bicyclic) bond motifs is 1. The lowest BCUT2D eigenvalue weighted by molar-refractivity contribution is -0.126. The number of nitrogens with zero attached hydrogens (tertiary/aromatic N) is 2. The van der Waals surface area contributed by atoms with Crippen LogP contribution in [0.15, 0.2) is 84.9 Å². The van der Waals surface area contributed by atoms with E-state index in [2.05, 4.69) is 0 Å². The molecule has 0 unspecified atom stereocenters. The van der Waals surface area contributed by atoms with Gasteiger partial charge in [0.25, 0.3) is 5.91 Å². The molecule has 3 aromatic carbocycles. The van der Waals surface area contributed by atoms with Gasteiger partial charge in [-0.25, -0.2) is 9.96 Å². The number of hydrogen-bond acceptors (Lipinski definition) is 4. The third-order valence-corrected chi connectivity index (χ3v) is 5.62. The highest BCUT2D eigenvalue weighted by atomic mass is 16.7. The molecule has 2 fully saturated rings. The van der Waals surface area contributed by atoms with Gasteiger partial charge in [-0.05, 0) is 36.2 Å². The molecule has 5 rings (SSSR count). The van der Waals surface area contributed by atoms with Crippen molar-refractivity contribution < 1.29 is 14.4 Å². The van der Waals surface area contributed by atoms with Gasteiger partial charge >= 0.3 is 0 Å². The monoisotopic (exact) mass is 384 g/mol. The molecule has 5 heteroatoms. The summed E-state index contributed by atoms with van der Waals surface area (Å²) in [7, 11) is 0. The van der Waals surface area contributed by atoms with Gasteiger partial charge in [0.15, 0.2) is 6.10 Å². The second kappa shape index (κ2) is 6.87. The van der Waals surface area contributed by atoms with Gasteiger partial charge in [0, 0.05) is 0 Å². The molecule has 2 aliphatic rings. The van der Waals surface area contributed by atoms with Crippen molar-refractivity contribution in [3.8, 4) is 0 Å². The first kappa shape index (κ1) is 17.6. The lowest BCUT2D eigenvalue weighted by Gasteiger charge is -2.29. The van der Waals surface area contributed by atoms with Gasteiger partial charge in [0.2, 0.25) is 5.91 Å². The topological polar surface area (TPSA) is 49.9 Å². The Morgan fingerprint density at radius 1 is 0.759 bits per heavy atom. The minimum atomic E-state index is -0.840. The lowest BCUT2D eigenvalue weighted by Crippen LogP contribution is -2.37. The fourth-order valence-corrected chi connectivity index (χ4v) is 4.25. The van der Waals surface area contributed by atoms with Gasteiger partial charge in [0.1, 0.15) is 5.92 Å². The van der Waals surface area contributed by atoms with Crippen LogP contribution in [0.1, 0.15) is 17.2 Å². The highest BCUT2D eigenvalue weighted by Gasteiger charge is 2.60. The third-order valence-electron chi connectivity index (χ3n) is 5.62. The molecule has 0 bridgehead atoms. The van der Waals surface area contributed by atoms with E-state index in [9.17, 15) is 9.59 Å². The molecule has 0 aromatic heterocycles. The van der Waals surface area contributed by atoms with E-state index in [-0.39, 0.29) is 17.9 Å². The van der Waals surface area contributed by atoms with E-state index in [0.29, 0.717) is 5.69 Å². The Morgan fingerprint density at radius 2 is 1.38 bits per heavy atom. The van der Waals surface area contributed by atoms with E-state index < -0.39 is 12.0 Å². The van der Waals surface area contributed by atoms with E-state index in [1.54, 1.807) is 11.1 Å². The zero-order valence-electron chi connectivity index (χ0n) is 15.9. The Hall–Kier alpha value is -3.44. The van der Waals surface area contributed by atoms with Crippen molar-refractivity contribution in [2.75, 3.05) is 9.96 Å². The molecule has 29 heavy (non-hydrogen) atoms. The largest absolute Gasteiger partial charge is 0.273 e. The minimum absolute atomic E-state index is 0.221. The molecule has 0 radical (unpaired) electrons. The Morgan fingerprint density at radius 3 is 2.07 bits per heavy atom. The third kappa shape index (κ3) is 2.74. The number of amides is 2. The van der Waals surface area contributed by atoms with Gasteiger partial charge < -0.3 is 0 Å². The second-order valence-electron chi connectivity index (χ2n) is 7.37. The minimum Gasteiger partial charge on any atom is -0.273 e. The Bertz CT molecular complexity index is 1070. The summed E-state index contributed by atoms with van der Waals surface area (Å²) in [6.07, 6.45) is -0.840. The number of imide groups is 1. The summed E-state index contributed by atoms with van der Waals surface area (Å²) < 4.78 is 0. The van der Waals surface area contributed by atoms with Crippen LogP contribution in [0.3, 0.4) is 0 Å². The number of aryl methyl sites for hydroxylation is 1. The van der Waals surface area contributed by atoms with Gasteiger partial charge in [-0.15, -0.1) is 0 Å². The molecule has 0 aliphatic carbocycles.